The molecule has 0 radical (unpaired) electrons. The van der Waals surface area contributed by atoms with Crippen molar-refractivity contribution in [3.63, 3.8) is 0 Å². The van der Waals surface area contributed by atoms with Crippen LogP contribution in [0, 0.1) is 0 Å². The topological polar surface area (TPSA) is 115 Å². The number of carboxylic acids is 1. The Hall–Kier alpha value is 3.24. The van der Waals surface area contributed by atoms with E-state index in [0.717, 1.165) is 14.0 Å². The van der Waals surface area contributed by atoms with Crippen LogP contribution in [0.4, 0.5) is 0 Å². The fourth-order valence-corrected chi connectivity index (χ4v) is 0. The molecule has 0 rings (SSSR count). The summed E-state index contributed by atoms with van der Waals surface area (Å²) in [6, 6.07) is 0. The monoisotopic (exact) mass is 963 g/mol. The quantitative estimate of drug-likeness (QED) is 0.277. The number of aliphatic carboxylic acids is 1. The number of rotatable bonds is 0. The summed E-state index contributed by atoms with van der Waals surface area (Å²) in [7, 11) is 2.35. The molecule has 0 saturated carbocycles. The van der Waals surface area contributed by atoms with Crippen LogP contribution < -0.4 is 13.3 Å². The zero-order valence-corrected chi connectivity index (χ0v) is 23.0. The molecule has 0 aliphatic carbocycles. The van der Waals surface area contributed by atoms with Crippen LogP contribution in [0.2, 0.25) is 0 Å². The van der Waals surface area contributed by atoms with Gasteiger partial charge in [-0.25, -0.2) is 0 Å². The first-order valence-corrected chi connectivity index (χ1v) is 22.0. The average Bonchev–Trinajstić information content (AvgIpc) is 2.24. The van der Waals surface area contributed by atoms with Crippen molar-refractivity contribution in [3.05, 3.63) is 0 Å². The van der Waals surface area contributed by atoms with Crippen LogP contribution >= 0.6 is 98.4 Å². The van der Waals surface area contributed by atoms with Crippen molar-refractivity contribution in [1.29, 1.82) is 0 Å². The van der Waals surface area contributed by atoms with Gasteiger partial charge in [-0.2, -0.15) is 0 Å². The van der Waals surface area contributed by atoms with Crippen molar-refractivity contribution in [2.75, 3.05) is 14.2 Å². The van der Waals surface area contributed by atoms with Gasteiger partial charge in [0.05, 0.1) is 7.11 Å². The summed E-state index contributed by atoms with van der Waals surface area (Å²) in [6.45, 7) is 2.44. The average molecular weight is 963 g/mol. The number of carbonyl (C=O) groups excluding carboxylic acids is 1. The third kappa shape index (κ3) is 286. The molecule has 0 unspecified atom stereocenters. The van der Waals surface area contributed by atoms with E-state index in [9.17, 15) is 4.79 Å². The van der Waals surface area contributed by atoms with Crippen LogP contribution in [0.5, 0.6) is 0 Å². The normalized spacial score (nSPS) is 4.89. The number of hydrogen-bond acceptors (Lipinski definition) is 4. The molecule has 0 atom stereocenters. The number of aliphatic hydroxyl groups is 1. The molecule has 0 amide bonds. The minimum Gasteiger partial charge on any atom is -0.412 e. The Morgan fingerprint density at radius 2 is 1.16 bits per heavy atom. The molecule has 0 saturated heterocycles. The maximum absolute atomic E-state index is 9.59. The van der Waals surface area contributed by atoms with Gasteiger partial charge in [0, 0.05) is 58.2 Å². The van der Waals surface area contributed by atoms with Crippen molar-refractivity contribution < 1.29 is 43.3 Å². The fourth-order valence-electron chi connectivity index (χ4n) is 0. The minimum atomic E-state index is -0.833. The van der Waals surface area contributed by atoms with Gasteiger partial charge < -0.3 is 20.4 Å². The molecule has 0 aliphatic rings. The maximum Gasteiger partial charge on any atom is -0.412 e. The molecule has 0 heterocycles. The van der Waals surface area contributed by atoms with Gasteiger partial charge in [-0.1, -0.05) is 7.43 Å². The summed E-state index contributed by atoms with van der Waals surface area (Å²) in [5, 5.41) is 14.4. The molecular weight excluding hydrogens is 941 g/mol. The van der Waals surface area contributed by atoms with Crippen molar-refractivity contribution in [2.45, 2.75) is 21.3 Å². The van der Waals surface area contributed by atoms with Crippen LogP contribution in [0.3, 0.4) is 0 Å². The van der Waals surface area contributed by atoms with Crippen molar-refractivity contribution in [3.8, 4) is 0 Å². The van der Waals surface area contributed by atoms with Crippen LogP contribution in [0.25, 0.3) is 0 Å². The third-order valence-corrected chi connectivity index (χ3v) is 0.287. The fraction of sp³-hybridized carbons (Fsp3) is 0.714. The summed E-state index contributed by atoms with van der Waals surface area (Å²) in [5.74, 6) is -1.08. The second-order valence-electron chi connectivity index (χ2n) is 1.27. The summed E-state index contributed by atoms with van der Waals surface area (Å²) in [4.78, 5) is 18.6. The predicted molar refractivity (Wildman–Crippen MR) is 121 cm³/mol. The van der Waals surface area contributed by atoms with Gasteiger partial charge in [0.1, 0.15) is 0 Å². The Labute approximate surface area is 185 Å². The second kappa shape index (κ2) is 68.9. The molecular formula is C7H21I6O6-. The molecule has 19 heavy (non-hydrogen) atoms. The van der Waals surface area contributed by atoms with Gasteiger partial charge in [-0.15, -0.1) is 24.0 Å². The molecule has 4 N–H and O–H groups in total. The van der Waals surface area contributed by atoms with Gasteiger partial charge in [0.15, 0.2) is 0 Å². The molecule has 6 nitrogen and oxygen atoms in total. The zero-order chi connectivity index (χ0) is 14.6. The summed E-state index contributed by atoms with van der Waals surface area (Å²) in [6.07, 6.45) is 0. The van der Waals surface area contributed by atoms with Crippen molar-refractivity contribution >= 4 is 110 Å². The van der Waals surface area contributed by atoms with Crippen LogP contribution in [0.15, 0.2) is 0 Å². The molecule has 0 aliphatic heterocycles. The Balaban J connectivity index is -0.0000000134. The Bertz CT molecular complexity index is 125. The van der Waals surface area contributed by atoms with E-state index in [2.05, 4.69) is 79.2 Å². The Morgan fingerprint density at radius 3 is 1.16 bits per heavy atom. The summed E-state index contributed by atoms with van der Waals surface area (Å²) < 4.78 is 4.11. The van der Waals surface area contributed by atoms with E-state index in [1.807, 2.05) is 0 Å². The molecule has 0 aromatic rings. The van der Waals surface area contributed by atoms with Crippen LogP contribution in [-0.2, 0) is 14.3 Å². The van der Waals surface area contributed by atoms with E-state index in [1.165, 1.54) is 14.0 Å². The molecule has 0 aromatic heterocycles. The Kier molecular flexibility index (Phi) is 179. The largest absolute Gasteiger partial charge is 0.412 e. The molecule has 0 bridgehead atoms. The number of aliphatic hydroxyl groups excluding tert-OH is 1. The number of methoxy groups -OCH3 is 1. The standard InChI is InChI=1S/C3H6O2.C2H4O2.CH4O.CH4.I3.I2.HI.H2O/c1-3(4)5-2;1-2(3)4;1-2;;1-3-2;1-2;;/h1-2H3;1H3,(H,3,4);2H,1H3;1H4;;;1H;1H2/q;;;;-1;;;. The number of ether oxygens (including phenoxy) is 1. The van der Waals surface area contributed by atoms with Gasteiger partial charge in [-0.3, -0.25) is 9.59 Å². The molecule has 128 valence electrons. The van der Waals surface area contributed by atoms with Crippen molar-refractivity contribution in [2.24, 2.45) is 0 Å². The van der Waals surface area contributed by atoms with E-state index in [4.69, 9.17) is 15.0 Å². The van der Waals surface area contributed by atoms with E-state index >= 15 is 0 Å². The van der Waals surface area contributed by atoms with Crippen molar-refractivity contribution in [1.82, 2.24) is 0 Å². The smallest absolute Gasteiger partial charge is 0.412 e. The summed E-state index contributed by atoms with van der Waals surface area (Å²) in [5.41, 5.74) is 0. The van der Waals surface area contributed by atoms with E-state index < -0.39 is 5.97 Å². The molecule has 12 heteroatoms. The van der Waals surface area contributed by atoms with E-state index in [0.29, 0.717) is 13.3 Å². The second-order valence-corrected chi connectivity index (χ2v) is 17.5. The number of halogens is 6. The van der Waals surface area contributed by atoms with Crippen LogP contribution in [0.1, 0.15) is 21.3 Å². The van der Waals surface area contributed by atoms with Gasteiger partial charge in [0.25, 0.3) is 5.97 Å². The molecule has 0 aromatic carbocycles. The van der Waals surface area contributed by atoms with E-state index in [1.54, 1.807) is 0 Å². The van der Waals surface area contributed by atoms with Gasteiger partial charge in [0.2, 0.25) is 0 Å². The Morgan fingerprint density at radius 1 is 1.11 bits per heavy atom. The number of carboxylic acid groups (broad SMARTS) is 1. The van der Waals surface area contributed by atoms with Gasteiger partial charge in [-0.05, 0) is 0 Å². The zero-order valence-electron chi connectivity index (χ0n) is 9.92. The third-order valence-electron chi connectivity index (χ3n) is 0.287. The predicted octanol–water partition coefficient (Wildman–Crippen LogP) is 0.855. The first-order valence-electron chi connectivity index (χ1n) is 3.12. The molecule has 0 spiro atoms. The summed E-state index contributed by atoms with van der Waals surface area (Å²) >= 11 is 9.54. The maximum atomic E-state index is 9.59. The first-order chi connectivity index (χ1) is 7.42. The minimum absolute atomic E-state index is 0. The molecule has 0 fully saturated rings. The van der Waals surface area contributed by atoms with Gasteiger partial charge >= 0.3 is 56.5 Å². The SMILES string of the molecule is C.CC(=O)O.CO.COC(C)=O.I.II.I[I-]I.O. The number of hydrogen-bond donors (Lipinski definition) is 2. The number of carbonyl (C=O) groups is 2. The number of esters is 1. The first kappa shape index (κ1) is 49.5. The van der Waals surface area contributed by atoms with E-state index in [-0.39, 0.29) is 42.8 Å². The van der Waals surface area contributed by atoms with Crippen LogP contribution in [-0.4, -0.2) is 41.8 Å².